The van der Waals surface area contributed by atoms with Crippen molar-refractivity contribution in [2.45, 2.75) is 19.5 Å². The van der Waals surface area contributed by atoms with Crippen molar-refractivity contribution >= 4 is 5.69 Å². The fraction of sp³-hybridized carbons (Fsp3) is 0.250. The molecular weight excluding hydrogens is 236 g/mol. The standard InChI is InChI=1S/C16H18N2O/c17-16-3-1-2-13-8-9-18(11-15(13)16)10-12-4-6-14(19)7-5-12/h1-7,19H,8-11,17H2. The Balaban J connectivity index is 1.75. The van der Waals surface area contributed by atoms with E-state index in [1.54, 1.807) is 12.1 Å². The molecule has 3 heteroatoms. The molecule has 2 aromatic carbocycles. The van der Waals surface area contributed by atoms with Crippen molar-refractivity contribution < 1.29 is 5.11 Å². The second-order valence-electron chi connectivity index (χ2n) is 5.11. The molecule has 0 bridgehead atoms. The number of fused-ring (bicyclic) bond motifs is 1. The minimum atomic E-state index is 0.317. The van der Waals surface area contributed by atoms with E-state index in [0.717, 1.165) is 31.7 Å². The summed E-state index contributed by atoms with van der Waals surface area (Å²) in [6.07, 6.45) is 1.05. The van der Waals surface area contributed by atoms with Gasteiger partial charge in [-0.1, -0.05) is 24.3 Å². The van der Waals surface area contributed by atoms with E-state index < -0.39 is 0 Å². The Morgan fingerprint density at radius 1 is 1.11 bits per heavy atom. The Morgan fingerprint density at radius 3 is 2.68 bits per heavy atom. The lowest BCUT2D eigenvalue weighted by Gasteiger charge is -2.29. The van der Waals surface area contributed by atoms with E-state index in [9.17, 15) is 5.11 Å². The van der Waals surface area contributed by atoms with E-state index >= 15 is 0 Å². The van der Waals surface area contributed by atoms with E-state index in [1.807, 2.05) is 24.3 Å². The highest BCUT2D eigenvalue weighted by Gasteiger charge is 2.17. The molecule has 3 nitrogen and oxygen atoms in total. The number of rotatable bonds is 2. The van der Waals surface area contributed by atoms with Crippen LogP contribution in [0.4, 0.5) is 5.69 Å². The van der Waals surface area contributed by atoms with E-state index in [1.165, 1.54) is 16.7 Å². The maximum atomic E-state index is 9.30. The van der Waals surface area contributed by atoms with Gasteiger partial charge in [0.2, 0.25) is 0 Å². The molecule has 0 amide bonds. The third kappa shape index (κ3) is 2.56. The summed E-state index contributed by atoms with van der Waals surface area (Å²) in [4.78, 5) is 2.39. The predicted molar refractivity (Wildman–Crippen MR) is 76.8 cm³/mol. The smallest absolute Gasteiger partial charge is 0.115 e. The summed E-state index contributed by atoms with van der Waals surface area (Å²) >= 11 is 0. The largest absolute Gasteiger partial charge is 0.508 e. The van der Waals surface area contributed by atoms with Crippen molar-refractivity contribution in [1.29, 1.82) is 0 Å². The lowest BCUT2D eigenvalue weighted by molar-refractivity contribution is 0.246. The van der Waals surface area contributed by atoms with E-state index in [-0.39, 0.29) is 0 Å². The minimum Gasteiger partial charge on any atom is -0.508 e. The van der Waals surface area contributed by atoms with Gasteiger partial charge in [-0.3, -0.25) is 4.90 Å². The first kappa shape index (κ1) is 12.1. The average Bonchev–Trinajstić information content (AvgIpc) is 2.42. The van der Waals surface area contributed by atoms with Gasteiger partial charge in [0.1, 0.15) is 5.75 Å². The molecule has 3 rings (SSSR count). The summed E-state index contributed by atoms with van der Waals surface area (Å²) in [7, 11) is 0. The predicted octanol–water partition coefficient (Wildman–Crippen LogP) is 2.53. The lowest BCUT2D eigenvalue weighted by atomic mass is 9.98. The lowest BCUT2D eigenvalue weighted by Crippen LogP contribution is -2.30. The monoisotopic (exact) mass is 254 g/mol. The normalized spacial score (nSPS) is 15.2. The third-order valence-electron chi connectivity index (χ3n) is 3.73. The summed E-state index contributed by atoms with van der Waals surface area (Å²) in [6.45, 7) is 2.86. The Morgan fingerprint density at radius 2 is 1.89 bits per heavy atom. The quantitative estimate of drug-likeness (QED) is 0.810. The van der Waals surface area contributed by atoms with Crippen LogP contribution < -0.4 is 5.73 Å². The number of nitrogens with two attached hydrogens (primary N) is 1. The van der Waals surface area contributed by atoms with Gasteiger partial charge in [-0.15, -0.1) is 0 Å². The van der Waals surface area contributed by atoms with Gasteiger partial charge >= 0.3 is 0 Å². The summed E-state index contributed by atoms with van der Waals surface area (Å²) in [6, 6.07) is 13.6. The van der Waals surface area contributed by atoms with Crippen molar-refractivity contribution in [3.05, 3.63) is 59.2 Å². The molecule has 1 aliphatic heterocycles. The highest BCUT2D eigenvalue weighted by atomic mass is 16.3. The number of hydrogen-bond donors (Lipinski definition) is 2. The number of aromatic hydroxyl groups is 1. The molecule has 2 aromatic rings. The zero-order valence-electron chi connectivity index (χ0n) is 10.8. The number of anilines is 1. The molecule has 0 saturated carbocycles. The van der Waals surface area contributed by atoms with E-state index in [2.05, 4.69) is 11.0 Å². The first-order chi connectivity index (χ1) is 9.22. The molecule has 0 unspecified atom stereocenters. The zero-order chi connectivity index (χ0) is 13.2. The molecule has 1 heterocycles. The molecule has 0 aromatic heterocycles. The molecule has 0 spiro atoms. The molecule has 1 aliphatic rings. The first-order valence-corrected chi connectivity index (χ1v) is 6.59. The zero-order valence-corrected chi connectivity index (χ0v) is 10.8. The Kier molecular flexibility index (Phi) is 3.13. The number of benzene rings is 2. The van der Waals surface area contributed by atoms with Gasteiger partial charge in [0.25, 0.3) is 0 Å². The topological polar surface area (TPSA) is 49.5 Å². The van der Waals surface area contributed by atoms with Crippen LogP contribution in [0.3, 0.4) is 0 Å². The molecule has 0 atom stereocenters. The summed E-state index contributed by atoms with van der Waals surface area (Å²) < 4.78 is 0. The van der Waals surface area contributed by atoms with Crippen molar-refractivity contribution in [2.75, 3.05) is 12.3 Å². The highest BCUT2D eigenvalue weighted by Crippen LogP contribution is 2.25. The van der Waals surface area contributed by atoms with Crippen molar-refractivity contribution in [1.82, 2.24) is 4.90 Å². The van der Waals surface area contributed by atoms with Crippen molar-refractivity contribution in [3.8, 4) is 5.75 Å². The number of hydrogen-bond acceptors (Lipinski definition) is 3. The fourth-order valence-electron chi connectivity index (χ4n) is 2.66. The Hall–Kier alpha value is -2.00. The van der Waals surface area contributed by atoms with Crippen LogP contribution >= 0.6 is 0 Å². The van der Waals surface area contributed by atoms with Crippen LogP contribution in [0.1, 0.15) is 16.7 Å². The van der Waals surface area contributed by atoms with Gasteiger partial charge < -0.3 is 10.8 Å². The van der Waals surface area contributed by atoms with Crippen LogP contribution in [-0.2, 0) is 19.5 Å². The van der Waals surface area contributed by atoms with E-state index in [0.29, 0.717) is 5.75 Å². The molecule has 19 heavy (non-hydrogen) atoms. The second kappa shape index (κ2) is 4.94. The molecule has 0 aliphatic carbocycles. The SMILES string of the molecule is Nc1cccc2c1CN(Cc1ccc(O)cc1)CC2. The van der Waals surface area contributed by atoms with Crippen LogP contribution in [0.25, 0.3) is 0 Å². The van der Waals surface area contributed by atoms with Crippen molar-refractivity contribution in [3.63, 3.8) is 0 Å². The van der Waals surface area contributed by atoms with E-state index in [4.69, 9.17) is 5.73 Å². The number of nitrogen functional groups attached to an aromatic ring is 1. The third-order valence-corrected chi connectivity index (χ3v) is 3.73. The number of nitrogens with zero attached hydrogens (tertiary/aromatic N) is 1. The van der Waals surface area contributed by atoms with Crippen LogP contribution in [0.2, 0.25) is 0 Å². The maximum Gasteiger partial charge on any atom is 0.115 e. The van der Waals surface area contributed by atoms with Gasteiger partial charge in [-0.25, -0.2) is 0 Å². The summed E-state index contributed by atoms with van der Waals surface area (Å²) in [5.41, 5.74) is 10.8. The summed E-state index contributed by atoms with van der Waals surface area (Å²) in [5.74, 6) is 0.317. The fourth-order valence-corrected chi connectivity index (χ4v) is 2.66. The number of phenolic OH excluding ortho intramolecular Hbond substituents is 1. The second-order valence-corrected chi connectivity index (χ2v) is 5.11. The Labute approximate surface area is 113 Å². The highest BCUT2D eigenvalue weighted by molar-refractivity contribution is 5.51. The molecule has 0 fully saturated rings. The average molecular weight is 254 g/mol. The van der Waals surface area contributed by atoms with Gasteiger partial charge in [-0.2, -0.15) is 0 Å². The van der Waals surface area contributed by atoms with Crippen LogP contribution in [-0.4, -0.2) is 16.6 Å². The Bertz CT molecular complexity index is 578. The van der Waals surface area contributed by atoms with Gasteiger partial charge in [-0.05, 0) is 41.3 Å². The first-order valence-electron chi connectivity index (χ1n) is 6.59. The van der Waals surface area contributed by atoms with Gasteiger partial charge in [0, 0.05) is 25.3 Å². The molecular formula is C16H18N2O. The minimum absolute atomic E-state index is 0.317. The molecule has 0 saturated heterocycles. The van der Waals surface area contributed by atoms with Crippen molar-refractivity contribution in [2.24, 2.45) is 0 Å². The van der Waals surface area contributed by atoms with Gasteiger partial charge in [0.05, 0.1) is 0 Å². The molecule has 0 radical (unpaired) electrons. The summed E-state index contributed by atoms with van der Waals surface area (Å²) in [5, 5.41) is 9.30. The molecule has 3 N–H and O–H groups in total. The molecule has 98 valence electrons. The maximum absolute atomic E-state index is 9.30. The van der Waals surface area contributed by atoms with Crippen LogP contribution in [0, 0.1) is 0 Å². The van der Waals surface area contributed by atoms with Gasteiger partial charge in [0.15, 0.2) is 0 Å². The van der Waals surface area contributed by atoms with Crippen LogP contribution in [0.5, 0.6) is 5.75 Å². The van der Waals surface area contributed by atoms with Crippen LogP contribution in [0.15, 0.2) is 42.5 Å². The number of phenols is 1.